The molecule has 5 nitrogen and oxygen atoms in total. The van der Waals surface area contributed by atoms with E-state index in [-0.39, 0.29) is 5.91 Å². The van der Waals surface area contributed by atoms with E-state index in [1.54, 1.807) is 12.3 Å². The average molecular weight is 441 g/mol. The van der Waals surface area contributed by atoms with Gasteiger partial charge in [-0.25, -0.2) is 4.98 Å². The molecule has 1 aliphatic carbocycles. The molecule has 1 saturated carbocycles. The first-order valence-corrected chi connectivity index (χ1v) is 11.7. The molecule has 0 aliphatic heterocycles. The van der Waals surface area contributed by atoms with Gasteiger partial charge >= 0.3 is 0 Å². The summed E-state index contributed by atoms with van der Waals surface area (Å²) in [6, 6.07) is 12.1. The van der Waals surface area contributed by atoms with Gasteiger partial charge in [-0.3, -0.25) is 4.79 Å². The summed E-state index contributed by atoms with van der Waals surface area (Å²) in [5.41, 5.74) is 6.27. The number of hydrogen-bond acceptors (Lipinski definition) is 3. The number of aromatic amines is 1. The number of nitrogens with zero attached hydrogens (tertiary/aromatic N) is 1. The number of nitrogens with one attached hydrogen (secondary N) is 3. The zero-order valence-corrected chi connectivity index (χ0v) is 19.2. The molecule has 0 unspecified atom stereocenters. The lowest BCUT2D eigenvalue weighted by Crippen LogP contribution is -2.29. The number of amides is 1. The highest BCUT2D eigenvalue weighted by atomic mass is 16.1. The van der Waals surface area contributed by atoms with Crippen LogP contribution in [0.25, 0.3) is 17.2 Å². The fourth-order valence-electron chi connectivity index (χ4n) is 4.47. The maximum absolute atomic E-state index is 12.8. The summed E-state index contributed by atoms with van der Waals surface area (Å²) < 4.78 is 0. The predicted octanol–water partition coefficient (Wildman–Crippen LogP) is 6.12. The molecule has 0 spiro atoms. The Bertz CT molecular complexity index is 1140. The monoisotopic (exact) mass is 440 g/mol. The number of hydrogen-bond donors (Lipinski definition) is 3. The van der Waals surface area contributed by atoms with Crippen molar-refractivity contribution in [2.45, 2.75) is 39.2 Å². The van der Waals surface area contributed by atoms with Gasteiger partial charge in [-0.2, -0.15) is 0 Å². The first-order valence-electron chi connectivity index (χ1n) is 11.7. The van der Waals surface area contributed by atoms with Gasteiger partial charge in [0, 0.05) is 42.3 Å². The van der Waals surface area contributed by atoms with Gasteiger partial charge in [0.05, 0.1) is 5.56 Å². The number of rotatable bonds is 9. The number of benzene rings is 1. The summed E-state index contributed by atoms with van der Waals surface area (Å²) in [7, 11) is 0. The molecule has 0 radical (unpaired) electrons. The molecule has 170 valence electrons. The summed E-state index contributed by atoms with van der Waals surface area (Å²) in [6.07, 6.45) is 14.5. The highest BCUT2D eigenvalue weighted by Gasteiger charge is 2.18. The van der Waals surface area contributed by atoms with E-state index in [2.05, 4.69) is 64.4 Å². The summed E-state index contributed by atoms with van der Waals surface area (Å²) >= 11 is 0. The van der Waals surface area contributed by atoms with Crippen LogP contribution in [0.4, 0.5) is 5.82 Å². The summed E-state index contributed by atoms with van der Waals surface area (Å²) in [5, 5.41) is 6.46. The highest BCUT2D eigenvalue weighted by molar-refractivity contribution is 5.98. The Morgan fingerprint density at radius 3 is 2.91 bits per heavy atom. The second-order valence-electron chi connectivity index (χ2n) is 8.65. The van der Waals surface area contributed by atoms with Gasteiger partial charge in [0.2, 0.25) is 0 Å². The molecule has 4 rings (SSSR count). The lowest BCUT2D eigenvalue weighted by atomic mass is 10.0. The molecule has 3 aromatic rings. The number of allylic oxidation sites excluding steroid dienone is 2. The Balaban J connectivity index is 1.46. The van der Waals surface area contributed by atoms with Gasteiger partial charge < -0.3 is 15.6 Å². The number of H-pyrrole nitrogens is 1. The SMILES string of the molecule is C=C/C=C\c1c(-c2cccc(CNc3ncccc3C(=O)NCC3CCCC3)c2)c[nH]c1C. The van der Waals surface area contributed by atoms with E-state index in [9.17, 15) is 4.79 Å². The van der Waals surface area contributed by atoms with Crippen molar-refractivity contribution in [2.24, 2.45) is 5.92 Å². The average Bonchev–Trinajstić information content (AvgIpc) is 3.50. The van der Waals surface area contributed by atoms with Crippen molar-refractivity contribution in [3.63, 3.8) is 0 Å². The van der Waals surface area contributed by atoms with Gasteiger partial charge in [0.15, 0.2) is 0 Å². The Kier molecular flexibility index (Phi) is 7.40. The van der Waals surface area contributed by atoms with Crippen LogP contribution in [0, 0.1) is 12.8 Å². The lowest BCUT2D eigenvalue weighted by Gasteiger charge is -2.14. The molecule has 1 amide bonds. The second kappa shape index (κ2) is 10.8. The van der Waals surface area contributed by atoms with Crippen molar-refractivity contribution in [3.8, 4) is 11.1 Å². The maximum Gasteiger partial charge on any atom is 0.255 e. The van der Waals surface area contributed by atoms with E-state index in [4.69, 9.17) is 0 Å². The van der Waals surface area contributed by atoms with Crippen molar-refractivity contribution in [1.29, 1.82) is 0 Å². The van der Waals surface area contributed by atoms with E-state index < -0.39 is 0 Å². The molecule has 5 heteroatoms. The Morgan fingerprint density at radius 1 is 1.24 bits per heavy atom. The molecular weight excluding hydrogens is 408 g/mol. The van der Waals surface area contributed by atoms with Crippen molar-refractivity contribution in [2.75, 3.05) is 11.9 Å². The molecule has 33 heavy (non-hydrogen) atoms. The second-order valence-corrected chi connectivity index (χ2v) is 8.65. The Hall–Kier alpha value is -3.60. The molecular formula is C28H32N4O. The molecule has 0 atom stereocenters. The minimum Gasteiger partial charge on any atom is -0.365 e. The van der Waals surface area contributed by atoms with Gasteiger partial charge in [-0.1, -0.05) is 55.8 Å². The molecule has 2 aromatic heterocycles. The third kappa shape index (κ3) is 5.61. The van der Waals surface area contributed by atoms with E-state index >= 15 is 0 Å². The van der Waals surface area contributed by atoms with Crippen molar-refractivity contribution >= 4 is 17.8 Å². The van der Waals surface area contributed by atoms with Crippen molar-refractivity contribution in [3.05, 3.63) is 89.9 Å². The molecule has 0 bridgehead atoms. The molecule has 2 heterocycles. The van der Waals surface area contributed by atoms with Crippen LogP contribution < -0.4 is 10.6 Å². The van der Waals surface area contributed by atoms with Crippen molar-refractivity contribution in [1.82, 2.24) is 15.3 Å². The zero-order chi connectivity index (χ0) is 23.0. The predicted molar refractivity (Wildman–Crippen MR) is 136 cm³/mol. The Labute approximate surface area is 196 Å². The van der Waals surface area contributed by atoms with Crippen LogP contribution in [0.3, 0.4) is 0 Å². The molecule has 1 fully saturated rings. The van der Waals surface area contributed by atoms with Crippen LogP contribution in [-0.4, -0.2) is 22.4 Å². The van der Waals surface area contributed by atoms with E-state index in [0.29, 0.717) is 23.8 Å². The third-order valence-electron chi connectivity index (χ3n) is 6.30. The summed E-state index contributed by atoms with van der Waals surface area (Å²) in [4.78, 5) is 20.5. The highest BCUT2D eigenvalue weighted by Crippen LogP contribution is 2.28. The van der Waals surface area contributed by atoms with Gasteiger partial charge in [0.1, 0.15) is 5.82 Å². The van der Waals surface area contributed by atoms with Crippen LogP contribution in [0.5, 0.6) is 0 Å². The fraction of sp³-hybridized carbons (Fsp3) is 0.286. The smallest absolute Gasteiger partial charge is 0.255 e. The number of carbonyl (C=O) groups is 1. The summed E-state index contributed by atoms with van der Waals surface area (Å²) in [6.45, 7) is 7.16. The summed E-state index contributed by atoms with van der Waals surface area (Å²) in [5.74, 6) is 1.15. The maximum atomic E-state index is 12.8. The Morgan fingerprint density at radius 2 is 2.09 bits per heavy atom. The van der Waals surface area contributed by atoms with Crippen LogP contribution >= 0.6 is 0 Å². The van der Waals surface area contributed by atoms with Gasteiger partial charge in [-0.15, -0.1) is 0 Å². The normalized spacial score (nSPS) is 14.0. The molecule has 1 aromatic carbocycles. The van der Waals surface area contributed by atoms with Gasteiger partial charge in [0.25, 0.3) is 5.91 Å². The molecule has 3 N–H and O–H groups in total. The standard InChI is InChI=1S/C28H32N4O/c1-3-4-13-24-20(2)30-19-26(24)23-12-7-11-22(16-23)18-31-27-25(14-8-15-29-27)28(33)32-17-21-9-5-6-10-21/h3-4,7-8,11-16,19,21,30H,1,5-6,9-10,17-18H2,2H3,(H,29,31)(H,32,33)/b13-4-. The van der Waals surface area contributed by atoms with E-state index in [1.165, 1.54) is 25.7 Å². The number of carbonyl (C=O) groups excluding carboxylic acids is 1. The number of aromatic nitrogens is 2. The van der Waals surface area contributed by atoms with E-state index in [0.717, 1.165) is 34.5 Å². The third-order valence-corrected chi connectivity index (χ3v) is 6.30. The van der Waals surface area contributed by atoms with Crippen LogP contribution in [0.1, 0.15) is 52.9 Å². The lowest BCUT2D eigenvalue weighted by molar-refractivity contribution is 0.0948. The van der Waals surface area contributed by atoms with Crippen LogP contribution in [0.2, 0.25) is 0 Å². The molecule has 0 saturated heterocycles. The minimum atomic E-state index is -0.0623. The first-order chi connectivity index (χ1) is 16.2. The topological polar surface area (TPSA) is 69.8 Å². The van der Waals surface area contributed by atoms with E-state index in [1.807, 2.05) is 24.4 Å². The number of anilines is 1. The first kappa shape index (κ1) is 22.6. The number of aryl methyl sites for hydroxylation is 1. The number of pyridine rings is 1. The van der Waals surface area contributed by atoms with Crippen LogP contribution in [0.15, 0.2) is 67.5 Å². The largest absolute Gasteiger partial charge is 0.365 e. The van der Waals surface area contributed by atoms with Crippen molar-refractivity contribution < 1.29 is 4.79 Å². The van der Waals surface area contributed by atoms with Crippen LogP contribution in [-0.2, 0) is 6.54 Å². The zero-order valence-electron chi connectivity index (χ0n) is 19.2. The minimum absolute atomic E-state index is 0.0623. The quantitative estimate of drug-likeness (QED) is 0.351. The fourth-order valence-corrected chi connectivity index (χ4v) is 4.47. The molecule has 1 aliphatic rings. The van der Waals surface area contributed by atoms with Gasteiger partial charge in [-0.05, 0) is 55.0 Å².